The summed E-state index contributed by atoms with van der Waals surface area (Å²) in [7, 11) is 0. The molecule has 0 spiro atoms. The average Bonchev–Trinajstić information content (AvgIpc) is 2.30. The van der Waals surface area contributed by atoms with Crippen LogP contribution in [0.5, 0.6) is 5.75 Å². The lowest BCUT2D eigenvalue weighted by atomic mass is 10.1. The highest BCUT2D eigenvalue weighted by Crippen LogP contribution is 2.23. The minimum absolute atomic E-state index is 0.0116. The van der Waals surface area contributed by atoms with Crippen LogP contribution in [0.3, 0.4) is 0 Å². The first-order valence-corrected chi connectivity index (χ1v) is 5.48. The lowest BCUT2D eigenvalue weighted by molar-refractivity contribution is -0.145. The van der Waals surface area contributed by atoms with E-state index in [1.165, 1.54) is 18.2 Å². The van der Waals surface area contributed by atoms with Crippen LogP contribution in [0.25, 0.3) is 0 Å². The van der Waals surface area contributed by atoms with Gasteiger partial charge in [-0.3, -0.25) is 0 Å². The van der Waals surface area contributed by atoms with Gasteiger partial charge in [0.15, 0.2) is 6.10 Å². The van der Waals surface area contributed by atoms with E-state index in [-0.39, 0.29) is 17.0 Å². The molecule has 1 rings (SSSR count). The summed E-state index contributed by atoms with van der Waals surface area (Å²) >= 11 is 0. The van der Waals surface area contributed by atoms with E-state index in [4.69, 9.17) is 20.7 Å². The molecule has 0 aliphatic carbocycles. The second-order valence-electron chi connectivity index (χ2n) is 3.79. The quantitative estimate of drug-likeness (QED) is 0.664. The topological polar surface area (TPSA) is 110 Å². The van der Waals surface area contributed by atoms with Crippen LogP contribution < -0.4 is 10.5 Å². The molecule has 1 aromatic carbocycles. The number of ether oxygens (including phenoxy) is 1. The first kappa shape index (κ1) is 13.8. The molecule has 0 aliphatic rings. The number of anilines is 1. The Balaban J connectivity index is 3.01. The van der Waals surface area contributed by atoms with E-state index >= 15 is 0 Å². The van der Waals surface area contributed by atoms with Crippen molar-refractivity contribution in [3.05, 3.63) is 23.8 Å². The van der Waals surface area contributed by atoms with Gasteiger partial charge in [0.2, 0.25) is 0 Å². The summed E-state index contributed by atoms with van der Waals surface area (Å²) in [6, 6.07) is 4.07. The summed E-state index contributed by atoms with van der Waals surface area (Å²) in [6.45, 7) is 1.82. The van der Waals surface area contributed by atoms with E-state index in [1.807, 2.05) is 6.92 Å². The third kappa shape index (κ3) is 3.38. The average molecular weight is 253 g/mol. The van der Waals surface area contributed by atoms with Crippen LogP contribution in [0, 0.1) is 0 Å². The molecule has 1 unspecified atom stereocenters. The summed E-state index contributed by atoms with van der Waals surface area (Å²) < 4.78 is 5.23. The highest BCUT2D eigenvalue weighted by atomic mass is 16.5. The molecule has 0 bridgehead atoms. The van der Waals surface area contributed by atoms with E-state index in [2.05, 4.69) is 0 Å². The maximum Gasteiger partial charge on any atom is 0.344 e. The molecule has 0 saturated carbocycles. The number of nitrogens with two attached hydrogens (primary N) is 1. The zero-order valence-corrected chi connectivity index (χ0v) is 9.92. The minimum Gasteiger partial charge on any atom is -0.479 e. The predicted octanol–water partition coefficient (Wildman–Crippen LogP) is 1.60. The number of carbonyl (C=O) groups is 2. The fourth-order valence-corrected chi connectivity index (χ4v) is 1.47. The molecule has 18 heavy (non-hydrogen) atoms. The van der Waals surface area contributed by atoms with E-state index in [9.17, 15) is 9.59 Å². The molecular weight excluding hydrogens is 238 g/mol. The van der Waals surface area contributed by atoms with Crippen LogP contribution in [0.15, 0.2) is 18.2 Å². The van der Waals surface area contributed by atoms with Crippen LogP contribution in [0.2, 0.25) is 0 Å². The zero-order valence-electron chi connectivity index (χ0n) is 9.92. The number of aromatic carboxylic acids is 1. The number of hydrogen-bond acceptors (Lipinski definition) is 4. The first-order valence-electron chi connectivity index (χ1n) is 5.48. The number of rotatable bonds is 6. The van der Waals surface area contributed by atoms with Gasteiger partial charge in [-0.2, -0.15) is 0 Å². The second-order valence-corrected chi connectivity index (χ2v) is 3.79. The monoisotopic (exact) mass is 253 g/mol. The molecular formula is C12H15NO5. The fourth-order valence-electron chi connectivity index (χ4n) is 1.47. The number of carboxylic acid groups (broad SMARTS) is 2. The molecule has 0 fully saturated rings. The summed E-state index contributed by atoms with van der Waals surface area (Å²) in [4.78, 5) is 21.9. The van der Waals surface area contributed by atoms with Crippen molar-refractivity contribution >= 4 is 17.6 Å². The van der Waals surface area contributed by atoms with Crippen molar-refractivity contribution in [2.45, 2.75) is 25.9 Å². The Labute approximate surface area is 104 Å². The molecule has 4 N–H and O–H groups in total. The highest BCUT2D eigenvalue weighted by Gasteiger charge is 2.21. The van der Waals surface area contributed by atoms with Gasteiger partial charge in [0.25, 0.3) is 0 Å². The maximum absolute atomic E-state index is 11.0. The van der Waals surface area contributed by atoms with Crippen molar-refractivity contribution < 1.29 is 24.5 Å². The third-order valence-electron chi connectivity index (χ3n) is 2.33. The van der Waals surface area contributed by atoms with E-state index in [0.717, 1.165) is 0 Å². The van der Waals surface area contributed by atoms with Gasteiger partial charge >= 0.3 is 11.9 Å². The molecule has 0 aromatic heterocycles. The van der Waals surface area contributed by atoms with E-state index < -0.39 is 18.0 Å². The van der Waals surface area contributed by atoms with Crippen LogP contribution in [-0.2, 0) is 4.79 Å². The number of nitrogen functional groups attached to an aromatic ring is 1. The Kier molecular flexibility index (Phi) is 4.53. The van der Waals surface area contributed by atoms with Gasteiger partial charge < -0.3 is 20.7 Å². The Morgan fingerprint density at radius 3 is 2.56 bits per heavy atom. The van der Waals surface area contributed by atoms with E-state index in [1.54, 1.807) is 0 Å². The van der Waals surface area contributed by atoms with Crippen molar-refractivity contribution in [2.24, 2.45) is 0 Å². The Hall–Kier alpha value is -2.24. The molecule has 98 valence electrons. The van der Waals surface area contributed by atoms with Crippen molar-refractivity contribution in [2.75, 3.05) is 5.73 Å². The second kappa shape index (κ2) is 5.90. The normalized spacial score (nSPS) is 11.8. The minimum atomic E-state index is -1.21. The van der Waals surface area contributed by atoms with E-state index in [0.29, 0.717) is 12.8 Å². The maximum atomic E-state index is 11.0. The first-order chi connectivity index (χ1) is 8.45. The van der Waals surface area contributed by atoms with Gasteiger partial charge in [-0.1, -0.05) is 13.3 Å². The van der Waals surface area contributed by atoms with Gasteiger partial charge in [0, 0.05) is 5.69 Å². The summed E-state index contributed by atoms with van der Waals surface area (Å²) in [5.74, 6) is -2.32. The number of carboxylic acids is 2. The molecule has 1 atom stereocenters. The lowest BCUT2D eigenvalue weighted by Crippen LogP contribution is -2.27. The smallest absolute Gasteiger partial charge is 0.344 e. The number of hydrogen-bond donors (Lipinski definition) is 3. The Morgan fingerprint density at radius 2 is 2.06 bits per heavy atom. The molecule has 0 radical (unpaired) electrons. The van der Waals surface area contributed by atoms with Crippen molar-refractivity contribution in [3.8, 4) is 5.75 Å². The van der Waals surface area contributed by atoms with Crippen LogP contribution >= 0.6 is 0 Å². The van der Waals surface area contributed by atoms with Gasteiger partial charge in [0.1, 0.15) is 11.3 Å². The predicted molar refractivity (Wildman–Crippen MR) is 64.8 cm³/mol. The fraction of sp³-hybridized carbons (Fsp3) is 0.333. The lowest BCUT2D eigenvalue weighted by Gasteiger charge is -2.16. The van der Waals surface area contributed by atoms with Crippen LogP contribution in [0.1, 0.15) is 30.1 Å². The van der Waals surface area contributed by atoms with Gasteiger partial charge in [-0.25, -0.2) is 9.59 Å². The van der Waals surface area contributed by atoms with Crippen molar-refractivity contribution in [3.63, 3.8) is 0 Å². The highest BCUT2D eigenvalue weighted by molar-refractivity contribution is 5.92. The molecule has 6 heteroatoms. The molecule has 1 aromatic rings. The SMILES string of the molecule is CCCC(Oc1ccc(N)cc1C(=O)O)C(=O)O. The molecule has 0 aliphatic heterocycles. The third-order valence-corrected chi connectivity index (χ3v) is 2.33. The number of aliphatic carboxylic acids is 1. The molecule has 6 nitrogen and oxygen atoms in total. The Bertz CT molecular complexity index is 458. The summed E-state index contributed by atoms with van der Waals surface area (Å²) in [6.07, 6.45) is -0.135. The van der Waals surface area contributed by atoms with Crippen molar-refractivity contribution in [1.82, 2.24) is 0 Å². The molecule has 0 heterocycles. The molecule has 0 amide bonds. The largest absolute Gasteiger partial charge is 0.479 e. The van der Waals surface area contributed by atoms with Gasteiger partial charge in [0.05, 0.1) is 0 Å². The standard InChI is InChI=1S/C12H15NO5/c1-2-3-10(12(16)17)18-9-5-4-7(13)6-8(9)11(14)15/h4-6,10H,2-3,13H2,1H3,(H,14,15)(H,16,17). The van der Waals surface area contributed by atoms with Gasteiger partial charge in [-0.05, 0) is 24.6 Å². The summed E-state index contributed by atoms with van der Waals surface area (Å²) in [5.41, 5.74) is 5.62. The number of benzene rings is 1. The summed E-state index contributed by atoms with van der Waals surface area (Å²) in [5, 5.41) is 17.9. The van der Waals surface area contributed by atoms with Crippen LogP contribution in [0.4, 0.5) is 5.69 Å². The van der Waals surface area contributed by atoms with Crippen LogP contribution in [-0.4, -0.2) is 28.3 Å². The van der Waals surface area contributed by atoms with Crippen molar-refractivity contribution in [1.29, 1.82) is 0 Å². The van der Waals surface area contributed by atoms with Gasteiger partial charge in [-0.15, -0.1) is 0 Å². The zero-order chi connectivity index (χ0) is 13.7. The Morgan fingerprint density at radius 1 is 1.39 bits per heavy atom. The molecule has 0 saturated heterocycles.